The largest absolute Gasteiger partial charge is 0.497 e. The number of carbonyl (C=O) groups excluding carboxylic acids is 1. The summed E-state index contributed by atoms with van der Waals surface area (Å²) in [6.45, 7) is 0.906. The molecule has 1 aliphatic rings. The van der Waals surface area contributed by atoms with Crippen LogP contribution in [0.1, 0.15) is 18.4 Å². The first-order valence-electron chi connectivity index (χ1n) is 9.48. The lowest BCUT2D eigenvalue weighted by atomic mass is 10.1. The van der Waals surface area contributed by atoms with Crippen molar-refractivity contribution in [2.75, 3.05) is 30.5 Å². The number of rotatable bonds is 8. The maximum absolute atomic E-state index is 13.7. The Morgan fingerprint density at radius 3 is 2.55 bits per heavy atom. The average Bonchev–Trinajstić information content (AvgIpc) is 3.07. The third-order valence-corrected chi connectivity index (χ3v) is 6.79. The van der Waals surface area contributed by atoms with Crippen LogP contribution in [-0.4, -0.2) is 50.4 Å². The molecule has 0 bridgehead atoms. The number of ether oxygens (including phenoxy) is 1. The van der Waals surface area contributed by atoms with Gasteiger partial charge in [-0.15, -0.1) is 0 Å². The van der Waals surface area contributed by atoms with Gasteiger partial charge in [0.25, 0.3) is 0 Å². The van der Waals surface area contributed by atoms with E-state index in [0.717, 1.165) is 11.3 Å². The molecule has 29 heavy (non-hydrogen) atoms. The van der Waals surface area contributed by atoms with Gasteiger partial charge in [-0.05, 0) is 36.2 Å². The number of nitrogens with one attached hydrogen (secondary N) is 1. The smallest absolute Gasteiger partial charge is 0.225 e. The van der Waals surface area contributed by atoms with E-state index in [2.05, 4.69) is 5.32 Å². The Morgan fingerprint density at radius 1 is 1.21 bits per heavy atom. The lowest BCUT2D eigenvalue weighted by Gasteiger charge is -2.28. The van der Waals surface area contributed by atoms with Crippen LogP contribution in [0.25, 0.3) is 0 Å². The Hall–Kier alpha value is -2.45. The van der Waals surface area contributed by atoms with Crippen molar-refractivity contribution >= 4 is 21.4 Å². The van der Waals surface area contributed by atoms with E-state index >= 15 is 0 Å². The van der Waals surface area contributed by atoms with Gasteiger partial charge in [-0.2, -0.15) is 0 Å². The summed E-state index contributed by atoms with van der Waals surface area (Å²) in [5.74, 6) is 0.206. The molecular weight excluding hydrogens is 395 g/mol. The Labute approximate surface area is 170 Å². The van der Waals surface area contributed by atoms with Gasteiger partial charge >= 0.3 is 0 Å². The number of hydrogen-bond acceptors (Lipinski definition) is 5. The molecule has 1 amide bonds. The maximum atomic E-state index is 13.7. The van der Waals surface area contributed by atoms with Crippen molar-refractivity contribution in [1.29, 1.82) is 0 Å². The van der Waals surface area contributed by atoms with Crippen LogP contribution in [0, 0.1) is 5.82 Å². The molecule has 156 valence electrons. The van der Waals surface area contributed by atoms with Crippen LogP contribution in [0.2, 0.25) is 0 Å². The molecule has 2 aromatic rings. The number of para-hydroxylation sites is 1. The first kappa shape index (κ1) is 21.3. The van der Waals surface area contributed by atoms with Gasteiger partial charge in [0.05, 0.1) is 24.3 Å². The number of anilines is 1. The van der Waals surface area contributed by atoms with Crippen molar-refractivity contribution in [1.82, 2.24) is 4.90 Å². The number of nitrogens with zero attached hydrogens (tertiary/aromatic N) is 1. The highest BCUT2D eigenvalue weighted by Crippen LogP contribution is 2.22. The van der Waals surface area contributed by atoms with Crippen LogP contribution in [-0.2, 0) is 21.2 Å². The number of halogens is 1. The zero-order valence-corrected chi connectivity index (χ0v) is 17.1. The minimum Gasteiger partial charge on any atom is -0.497 e. The number of hydrogen-bond donors (Lipinski definition) is 1. The SMILES string of the molecule is COc1ccc(CN(CCC(=O)Nc2ccccc2F)C2CCS(=O)(=O)C2)cc1. The summed E-state index contributed by atoms with van der Waals surface area (Å²) in [5.41, 5.74) is 1.15. The third kappa shape index (κ3) is 6.01. The second-order valence-electron chi connectivity index (χ2n) is 7.15. The Bertz CT molecular complexity index is 947. The third-order valence-electron chi connectivity index (χ3n) is 5.04. The van der Waals surface area contributed by atoms with Gasteiger partial charge in [0.1, 0.15) is 11.6 Å². The number of methoxy groups -OCH3 is 1. The molecule has 1 aliphatic heterocycles. The molecule has 0 saturated carbocycles. The van der Waals surface area contributed by atoms with E-state index in [1.54, 1.807) is 19.2 Å². The number of sulfone groups is 1. The molecule has 1 N–H and O–H groups in total. The van der Waals surface area contributed by atoms with Crippen LogP contribution < -0.4 is 10.1 Å². The Morgan fingerprint density at radius 2 is 1.93 bits per heavy atom. The lowest BCUT2D eigenvalue weighted by molar-refractivity contribution is -0.116. The Kier molecular flexibility index (Phi) is 6.87. The molecule has 0 spiro atoms. The number of benzene rings is 2. The van der Waals surface area contributed by atoms with Gasteiger partial charge in [0.15, 0.2) is 9.84 Å². The van der Waals surface area contributed by atoms with Crippen molar-refractivity contribution in [2.45, 2.75) is 25.4 Å². The molecule has 0 aliphatic carbocycles. The predicted octanol–water partition coefficient (Wildman–Crippen LogP) is 2.85. The molecule has 2 aromatic carbocycles. The summed E-state index contributed by atoms with van der Waals surface area (Å²) >= 11 is 0. The van der Waals surface area contributed by atoms with Gasteiger partial charge in [-0.1, -0.05) is 24.3 Å². The van der Waals surface area contributed by atoms with Crippen molar-refractivity contribution < 1.29 is 22.3 Å². The summed E-state index contributed by atoms with van der Waals surface area (Å²) in [7, 11) is -1.45. The highest BCUT2D eigenvalue weighted by Gasteiger charge is 2.32. The van der Waals surface area contributed by atoms with Gasteiger partial charge in [0, 0.05) is 25.6 Å². The maximum Gasteiger partial charge on any atom is 0.225 e. The molecule has 0 radical (unpaired) electrons. The Balaban J connectivity index is 1.65. The molecular formula is C21H25FN2O4S. The fourth-order valence-electron chi connectivity index (χ4n) is 3.44. The van der Waals surface area contributed by atoms with E-state index in [9.17, 15) is 17.6 Å². The van der Waals surface area contributed by atoms with E-state index in [0.29, 0.717) is 19.5 Å². The minimum absolute atomic E-state index is 0.0953. The quantitative estimate of drug-likeness (QED) is 0.711. The van der Waals surface area contributed by atoms with Gasteiger partial charge in [-0.25, -0.2) is 12.8 Å². The fraction of sp³-hybridized carbons (Fsp3) is 0.381. The predicted molar refractivity (Wildman–Crippen MR) is 110 cm³/mol. The van der Waals surface area contributed by atoms with Gasteiger partial charge in [0.2, 0.25) is 5.91 Å². The molecule has 6 nitrogen and oxygen atoms in total. The molecule has 8 heteroatoms. The van der Waals surface area contributed by atoms with Crippen molar-refractivity contribution in [3.63, 3.8) is 0 Å². The average molecular weight is 421 g/mol. The topological polar surface area (TPSA) is 75.7 Å². The molecule has 1 atom stereocenters. The van der Waals surface area contributed by atoms with E-state index < -0.39 is 15.7 Å². The number of amides is 1. The van der Waals surface area contributed by atoms with E-state index in [1.807, 2.05) is 29.2 Å². The molecule has 0 aromatic heterocycles. The second kappa shape index (κ2) is 9.37. The summed E-state index contributed by atoms with van der Waals surface area (Å²) in [6, 6.07) is 13.4. The van der Waals surface area contributed by atoms with Crippen molar-refractivity contribution in [3.8, 4) is 5.75 Å². The zero-order chi connectivity index (χ0) is 20.9. The highest BCUT2D eigenvalue weighted by molar-refractivity contribution is 7.91. The van der Waals surface area contributed by atoms with Crippen LogP contribution >= 0.6 is 0 Å². The van der Waals surface area contributed by atoms with Crippen LogP contribution in [0.3, 0.4) is 0 Å². The van der Waals surface area contributed by atoms with Gasteiger partial charge in [-0.3, -0.25) is 9.69 Å². The summed E-state index contributed by atoms with van der Waals surface area (Å²) < 4.78 is 42.8. The second-order valence-corrected chi connectivity index (χ2v) is 9.38. The van der Waals surface area contributed by atoms with Crippen LogP contribution in [0.5, 0.6) is 5.75 Å². The van der Waals surface area contributed by atoms with Crippen LogP contribution in [0.15, 0.2) is 48.5 Å². The zero-order valence-electron chi connectivity index (χ0n) is 16.3. The summed E-state index contributed by atoms with van der Waals surface area (Å²) in [5, 5.41) is 2.58. The standard InChI is InChI=1S/C21H25FN2O4S/c1-28-18-8-6-16(7-9-18)14-24(17-11-13-29(26,27)15-17)12-10-21(25)23-20-5-3-2-4-19(20)22/h2-9,17H,10-15H2,1H3,(H,23,25). The monoisotopic (exact) mass is 420 g/mol. The molecule has 1 heterocycles. The normalized spacial score (nSPS) is 18.0. The lowest BCUT2D eigenvalue weighted by Crippen LogP contribution is -2.37. The molecule has 3 rings (SSSR count). The van der Waals surface area contributed by atoms with Crippen LogP contribution in [0.4, 0.5) is 10.1 Å². The fourth-order valence-corrected chi connectivity index (χ4v) is 5.20. The van der Waals surface area contributed by atoms with Crippen molar-refractivity contribution in [3.05, 3.63) is 59.9 Å². The van der Waals surface area contributed by atoms with Gasteiger partial charge < -0.3 is 10.1 Å². The number of carbonyl (C=O) groups is 1. The highest BCUT2D eigenvalue weighted by atomic mass is 32.2. The molecule has 1 saturated heterocycles. The van der Waals surface area contributed by atoms with Crippen molar-refractivity contribution in [2.24, 2.45) is 0 Å². The van der Waals surface area contributed by atoms with E-state index in [1.165, 1.54) is 12.1 Å². The molecule has 1 unspecified atom stereocenters. The minimum atomic E-state index is -3.05. The molecule has 1 fully saturated rings. The van der Waals surface area contributed by atoms with E-state index in [-0.39, 0.29) is 35.6 Å². The van der Waals surface area contributed by atoms with E-state index in [4.69, 9.17) is 4.74 Å². The summed E-state index contributed by atoms with van der Waals surface area (Å²) in [4.78, 5) is 14.3. The summed E-state index contributed by atoms with van der Waals surface area (Å²) in [6.07, 6.45) is 0.689. The first-order chi connectivity index (χ1) is 13.9. The first-order valence-corrected chi connectivity index (χ1v) is 11.3.